The second-order valence-corrected chi connectivity index (χ2v) is 3.65. The van der Waals surface area contributed by atoms with Gasteiger partial charge >= 0.3 is 0 Å². The molecule has 84 valence electrons. The van der Waals surface area contributed by atoms with Crippen LogP contribution < -0.4 is 0 Å². The summed E-state index contributed by atoms with van der Waals surface area (Å²) < 4.78 is 0. The number of amides is 2. The van der Waals surface area contributed by atoms with Gasteiger partial charge in [0.05, 0.1) is 6.61 Å². The normalized spacial score (nSPS) is 15.9. The first-order chi connectivity index (χ1) is 7.77. The van der Waals surface area contributed by atoms with E-state index in [1.54, 1.807) is 0 Å². The molecule has 0 saturated carbocycles. The maximum atomic E-state index is 11.2. The Labute approximate surface area is 93.8 Å². The van der Waals surface area contributed by atoms with Gasteiger partial charge in [0.15, 0.2) is 0 Å². The van der Waals surface area contributed by atoms with Crippen LogP contribution in [0.5, 0.6) is 0 Å². The average molecular weight is 219 g/mol. The predicted molar refractivity (Wildman–Crippen MR) is 57.2 cm³/mol. The van der Waals surface area contributed by atoms with Crippen molar-refractivity contribution in [3.05, 3.63) is 35.9 Å². The predicted octanol–water partition coefficient (Wildman–Crippen LogP) is 1.31. The number of hydroxylamine groups is 2. The maximum absolute atomic E-state index is 11.2. The molecule has 1 heterocycles. The van der Waals surface area contributed by atoms with Crippen LogP contribution in [0.3, 0.4) is 0 Å². The average Bonchev–Trinajstić information content (AvgIpc) is 2.62. The lowest BCUT2D eigenvalue weighted by molar-refractivity contribution is -0.187. The second-order valence-electron chi connectivity index (χ2n) is 3.65. The molecule has 0 spiro atoms. The van der Waals surface area contributed by atoms with Crippen LogP contribution in [0.1, 0.15) is 18.4 Å². The Morgan fingerprint density at radius 1 is 1.06 bits per heavy atom. The van der Waals surface area contributed by atoms with Gasteiger partial charge in [-0.1, -0.05) is 30.3 Å². The smallest absolute Gasteiger partial charge is 0.253 e. The highest BCUT2D eigenvalue weighted by Gasteiger charge is 2.29. The van der Waals surface area contributed by atoms with Crippen molar-refractivity contribution in [3.63, 3.8) is 0 Å². The van der Waals surface area contributed by atoms with Gasteiger partial charge in [0.1, 0.15) is 0 Å². The van der Waals surface area contributed by atoms with Gasteiger partial charge in [-0.05, 0) is 12.0 Å². The molecule has 2 rings (SSSR count). The molecule has 0 aliphatic carbocycles. The largest absolute Gasteiger partial charge is 0.272 e. The highest BCUT2D eigenvalue weighted by Crippen LogP contribution is 2.12. The van der Waals surface area contributed by atoms with Crippen LogP contribution in [0.4, 0.5) is 0 Å². The van der Waals surface area contributed by atoms with E-state index in [-0.39, 0.29) is 24.7 Å². The molecule has 0 atom stereocenters. The number of imide groups is 1. The van der Waals surface area contributed by atoms with Gasteiger partial charge in [-0.25, -0.2) is 0 Å². The first kappa shape index (κ1) is 10.8. The number of hydrogen-bond donors (Lipinski definition) is 0. The van der Waals surface area contributed by atoms with Gasteiger partial charge in [0, 0.05) is 12.8 Å². The zero-order chi connectivity index (χ0) is 11.4. The molecule has 0 aromatic heterocycles. The van der Waals surface area contributed by atoms with E-state index in [0.29, 0.717) is 13.0 Å². The van der Waals surface area contributed by atoms with E-state index in [2.05, 4.69) is 0 Å². The van der Waals surface area contributed by atoms with Crippen molar-refractivity contribution in [1.82, 2.24) is 5.06 Å². The van der Waals surface area contributed by atoms with Crippen molar-refractivity contribution in [1.29, 1.82) is 0 Å². The molecule has 1 aromatic carbocycles. The molecule has 0 N–H and O–H groups in total. The lowest BCUT2D eigenvalue weighted by Crippen LogP contribution is -2.30. The zero-order valence-corrected chi connectivity index (χ0v) is 8.89. The van der Waals surface area contributed by atoms with Gasteiger partial charge in [-0.3, -0.25) is 14.4 Å². The van der Waals surface area contributed by atoms with E-state index in [4.69, 9.17) is 4.84 Å². The molecule has 1 fully saturated rings. The molecule has 1 saturated heterocycles. The molecule has 1 aliphatic rings. The molecule has 0 unspecified atom stereocenters. The van der Waals surface area contributed by atoms with Crippen molar-refractivity contribution in [3.8, 4) is 0 Å². The molecule has 0 bridgehead atoms. The standard InChI is InChI=1S/C12H13NO3/c14-11-6-7-12(15)13(11)16-9-8-10-4-2-1-3-5-10/h1-5H,6-9H2. The number of nitrogens with zero attached hydrogens (tertiary/aromatic N) is 1. The molecule has 1 aromatic rings. The first-order valence-electron chi connectivity index (χ1n) is 5.30. The molecule has 1 aliphatic heterocycles. The van der Waals surface area contributed by atoms with Gasteiger partial charge in [0.2, 0.25) is 0 Å². The van der Waals surface area contributed by atoms with Crippen molar-refractivity contribution in [2.45, 2.75) is 19.3 Å². The highest BCUT2D eigenvalue weighted by molar-refractivity contribution is 6.00. The quantitative estimate of drug-likeness (QED) is 0.717. The summed E-state index contributed by atoms with van der Waals surface area (Å²) in [5.41, 5.74) is 1.13. The molecular formula is C12H13NO3. The van der Waals surface area contributed by atoms with Crippen LogP contribution in [0.15, 0.2) is 30.3 Å². The number of hydrogen-bond acceptors (Lipinski definition) is 3. The van der Waals surface area contributed by atoms with Crippen LogP contribution in [0.25, 0.3) is 0 Å². The summed E-state index contributed by atoms with van der Waals surface area (Å²) in [5, 5.41) is 0.892. The highest BCUT2D eigenvalue weighted by atomic mass is 16.7. The van der Waals surface area contributed by atoms with E-state index in [9.17, 15) is 9.59 Å². The zero-order valence-electron chi connectivity index (χ0n) is 8.89. The Hall–Kier alpha value is -1.68. The molecule has 2 amide bonds. The van der Waals surface area contributed by atoms with Gasteiger partial charge in [-0.2, -0.15) is 5.06 Å². The molecule has 0 radical (unpaired) electrons. The van der Waals surface area contributed by atoms with Crippen LogP contribution in [0, 0.1) is 0 Å². The summed E-state index contributed by atoms with van der Waals surface area (Å²) in [4.78, 5) is 27.6. The van der Waals surface area contributed by atoms with Gasteiger partial charge < -0.3 is 0 Å². The fourth-order valence-corrected chi connectivity index (χ4v) is 1.60. The molecular weight excluding hydrogens is 206 g/mol. The minimum atomic E-state index is -0.238. The minimum absolute atomic E-state index is 0.238. The van der Waals surface area contributed by atoms with E-state index in [1.165, 1.54) is 0 Å². The fourth-order valence-electron chi connectivity index (χ4n) is 1.60. The monoisotopic (exact) mass is 219 g/mol. The summed E-state index contributed by atoms with van der Waals surface area (Å²) in [6.07, 6.45) is 1.23. The van der Waals surface area contributed by atoms with E-state index in [1.807, 2.05) is 30.3 Å². The third kappa shape index (κ3) is 2.46. The molecule has 4 nitrogen and oxygen atoms in total. The minimum Gasteiger partial charge on any atom is -0.272 e. The number of benzene rings is 1. The van der Waals surface area contributed by atoms with Crippen LogP contribution >= 0.6 is 0 Å². The molecule has 16 heavy (non-hydrogen) atoms. The van der Waals surface area contributed by atoms with Crippen molar-refractivity contribution in [2.75, 3.05) is 6.61 Å². The Morgan fingerprint density at radius 2 is 1.69 bits per heavy atom. The van der Waals surface area contributed by atoms with E-state index in [0.717, 1.165) is 10.6 Å². The Kier molecular flexibility index (Phi) is 3.31. The van der Waals surface area contributed by atoms with Crippen molar-refractivity contribution >= 4 is 11.8 Å². The Balaban J connectivity index is 1.80. The third-order valence-electron chi connectivity index (χ3n) is 2.46. The lowest BCUT2D eigenvalue weighted by atomic mass is 10.2. The molecule has 4 heteroatoms. The summed E-state index contributed by atoms with van der Waals surface area (Å²) >= 11 is 0. The third-order valence-corrected chi connectivity index (χ3v) is 2.46. The Bertz CT molecular complexity index is 373. The van der Waals surface area contributed by atoms with Crippen LogP contribution in [-0.2, 0) is 20.8 Å². The van der Waals surface area contributed by atoms with Crippen LogP contribution in [-0.4, -0.2) is 23.5 Å². The summed E-state index contributed by atoms with van der Waals surface area (Å²) in [7, 11) is 0. The topological polar surface area (TPSA) is 46.6 Å². The van der Waals surface area contributed by atoms with Gasteiger partial charge in [0.25, 0.3) is 11.8 Å². The number of rotatable bonds is 4. The van der Waals surface area contributed by atoms with Crippen LogP contribution in [0.2, 0.25) is 0 Å². The Morgan fingerprint density at radius 3 is 2.31 bits per heavy atom. The summed E-state index contributed by atoms with van der Waals surface area (Å²) in [5.74, 6) is -0.476. The number of carbonyl (C=O) groups excluding carboxylic acids is 2. The number of carbonyl (C=O) groups is 2. The lowest BCUT2D eigenvalue weighted by Gasteiger charge is -2.12. The summed E-state index contributed by atoms with van der Waals surface area (Å²) in [6, 6.07) is 9.80. The van der Waals surface area contributed by atoms with Gasteiger partial charge in [-0.15, -0.1) is 0 Å². The fraction of sp³-hybridized carbons (Fsp3) is 0.333. The second kappa shape index (κ2) is 4.90. The first-order valence-corrected chi connectivity index (χ1v) is 5.30. The van der Waals surface area contributed by atoms with E-state index < -0.39 is 0 Å². The SMILES string of the molecule is O=C1CCC(=O)N1OCCc1ccccc1. The van der Waals surface area contributed by atoms with Crippen molar-refractivity contribution in [2.24, 2.45) is 0 Å². The summed E-state index contributed by atoms with van der Waals surface area (Å²) in [6.45, 7) is 0.349. The van der Waals surface area contributed by atoms with E-state index >= 15 is 0 Å². The maximum Gasteiger partial charge on any atom is 0.253 e. The van der Waals surface area contributed by atoms with Crippen molar-refractivity contribution < 1.29 is 14.4 Å².